The second kappa shape index (κ2) is 3.10. The van der Waals surface area contributed by atoms with Crippen molar-refractivity contribution in [2.24, 2.45) is 0 Å². The summed E-state index contributed by atoms with van der Waals surface area (Å²) in [5, 5.41) is 0. The number of nitrogens with zero attached hydrogens (tertiary/aromatic N) is 1. The summed E-state index contributed by atoms with van der Waals surface area (Å²) in [6.07, 6.45) is 4.57. The molecule has 0 unspecified atom stereocenters. The lowest BCUT2D eigenvalue weighted by Crippen LogP contribution is -1.96. The van der Waals surface area contributed by atoms with Crippen molar-refractivity contribution in [1.29, 1.82) is 0 Å². The average Bonchev–Trinajstić information content (AvgIpc) is 2.04. The highest BCUT2D eigenvalue weighted by molar-refractivity contribution is 6.05. The molecule has 0 N–H and O–H groups in total. The van der Waals surface area contributed by atoms with Crippen LogP contribution in [0.3, 0.4) is 0 Å². The SMILES string of the molecule is C=CC(=O)c1ccncc1C. The van der Waals surface area contributed by atoms with Crippen molar-refractivity contribution >= 4 is 5.78 Å². The number of aromatic nitrogens is 1. The van der Waals surface area contributed by atoms with Gasteiger partial charge in [-0.3, -0.25) is 9.78 Å². The predicted octanol–water partition coefficient (Wildman–Crippen LogP) is 1.76. The Bertz CT molecular complexity index is 291. The largest absolute Gasteiger partial charge is 0.289 e. The monoisotopic (exact) mass is 147 g/mol. The fraction of sp³-hybridized carbons (Fsp3) is 0.111. The molecule has 1 rings (SSSR count). The van der Waals surface area contributed by atoms with Gasteiger partial charge >= 0.3 is 0 Å². The third-order valence-electron chi connectivity index (χ3n) is 1.47. The number of pyridine rings is 1. The summed E-state index contributed by atoms with van der Waals surface area (Å²) in [6.45, 7) is 5.26. The molecular weight excluding hydrogens is 138 g/mol. The van der Waals surface area contributed by atoms with Gasteiger partial charge in [-0.15, -0.1) is 0 Å². The molecule has 56 valence electrons. The smallest absolute Gasteiger partial charge is 0.185 e. The second-order valence-electron chi connectivity index (χ2n) is 2.26. The molecule has 0 aromatic carbocycles. The first-order valence-corrected chi connectivity index (χ1v) is 3.33. The van der Waals surface area contributed by atoms with E-state index in [4.69, 9.17) is 0 Å². The Morgan fingerprint density at radius 3 is 3.00 bits per heavy atom. The van der Waals surface area contributed by atoms with Crippen LogP contribution in [0.1, 0.15) is 15.9 Å². The number of ketones is 1. The van der Waals surface area contributed by atoms with Crippen molar-refractivity contribution < 1.29 is 4.79 Å². The van der Waals surface area contributed by atoms with Gasteiger partial charge in [0.25, 0.3) is 0 Å². The number of aryl methyl sites for hydroxylation is 1. The van der Waals surface area contributed by atoms with Gasteiger partial charge < -0.3 is 0 Å². The highest BCUT2D eigenvalue weighted by Crippen LogP contribution is 2.05. The summed E-state index contributed by atoms with van der Waals surface area (Å²) < 4.78 is 0. The van der Waals surface area contributed by atoms with E-state index < -0.39 is 0 Å². The minimum absolute atomic E-state index is 0.0510. The Labute approximate surface area is 65.6 Å². The number of hydrogen-bond donors (Lipinski definition) is 0. The quantitative estimate of drug-likeness (QED) is 0.471. The molecule has 0 saturated carbocycles. The van der Waals surface area contributed by atoms with E-state index in [1.807, 2.05) is 6.92 Å². The Morgan fingerprint density at radius 1 is 1.73 bits per heavy atom. The van der Waals surface area contributed by atoms with Gasteiger partial charge in [0.15, 0.2) is 5.78 Å². The molecule has 0 spiro atoms. The number of carbonyl (C=O) groups is 1. The predicted molar refractivity (Wildman–Crippen MR) is 43.5 cm³/mol. The van der Waals surface area contributed by atoms with Gasteiger partial charge in [-0.25, -0.2) is 0 Å². The number of rotatable bonds is 2. The van der Waals surface area contributed by atoms with Crippen LogP contribution < -0.4 is 0 Å². The molecule has 0 aliphatic carbocycles. The fourth-order valence-electron chi connectivity index (χ4n) is 0.860. The molecule has 0 aliphatic rings. The summed E-state index contributed by atoms with van der Waals surface area (Å²) in [5.41, 5.74) is 1.56. The van der Waals surface area contributed by atoms with Crippen LogP contribution >= 0.6 is 0 Å². The van der Waals surface area contributed by atoms with Crippen LogP contribution in [0.2, 0.25) is 0 Å². The van der Waals surface area contributed by atoms with Crippen LogP contribution in [0.5, 0.6) is 0 Å². The fourth-order valence-corrected chi connectivity index (χ4v) is 0.860. The van der Waals surface area contributed by atoms with Crippen LogP contribution in [-0.2, 0) is 0 Å². The molecule has 0 radical (unpaired) electrons. The van der Waals surface area contributed by atoms with Crippen LogP contribution in [0.4, 0.5) is 0 Å². The maximum Gasteiger partial charge on any atom is 0.185 e. The highest BCUT2D eigenvalue weighted by atomic mass is 16.1. The molecule has 11 heavy (non-hydrogen) atoms. The molecule has 0 saturated heterocycles. The lowest BCUT2D eigenvalue weighted by molar-refractivity contribution is 0.104. The average molecular weight is 147 g/mol. The van der Waals surface area contributed by atoms with Gasteiger partial charge in [0.2, 0.25) is 0 Å². The zero-order chi connectivity index (χ0) is 8.27. The Kier molecular flexibility index (Phi) is 2.16. The van der Waals surface area contributed by atoms with Crippen molar-refractivity contribution in [3.8, 4) is 0 Å². The molecule has 0 fully saturated rings. The molecule has 0 bridgehead atoms. The van der Waals surface area contributed by atoms with Crippen molar-refractivity contribution in [3.05, 3.63) is 42.2 Å². The van der Waals surface area contributed by atoms with Gasteiger partial charge in [0.05, 0.1) is 0 Å². The van der Waals surface area contributed by atoms with Crippen molar-refractivity contribution in [2.75, 3.05) is 0 Å². The van der Waals surface area contributed by atoms with E-state index in [1.165, 1.54) is 6.08 Å². The number of carbonyl (C=O) groups excluding carboxylic acids is 1. The molecule has 1 aromatic heterocycles. The van der Waals surface area contributed by atoms with E-state index in [1.54, 1.807) is 18.5 Å². The lowest BCUT2D eigenvalue weighted by atomic mass is 10.1. The van der Waals surface area contributed by atoms with E-state index in [2.05, 4.69) is 11.6 Å². The maximum absolute atomic E-state index is 11.1. The zero-order valence-corrected chi connectivity index (χ0v) is 6.37. The van der Waals surface area contributed by atoms with Crippen LogP contribution in [-0.4, -0.2) is 10.8 Å². The first-order valence-electron chi connectivity index (χ1n) is 3.33. The van der Waals surface area contributed by atoms with Gasteiger partial charge in [-0.05, 0) is 24.6 Å². The number of hydrogen-bond acceptors (Lipinski definition) is 2. The van der Waals surface area contributed by atoms with Crippen LogP contribution in [0.25, 0.3) is 0 Å². The minimum atomic E-state index is -0.0510. The third kappa shape index (κ3) is 1.52. The summed E-state index contributed by atoms with van der Waals surface area (Å²) in [6, 6.07) is 1.69. The van der Waals surface area contributed by atoms with Crippen LogP contribution in [0, 0.1) is 6.92 Å². The minimum Gasteiger partial charge on any atom is -0.289 e. The van der Waals surface area contributed by atoms with Gasteiger partial charge in [0.1, 0.15) is 0 Å². The van der Waals surface area contributed by atoms with Crippen molar-refractivity contribution in [1.82, 2.24) is 4.98 Å². The Morgan fingerprint density at radius 2 is 2.45 bits per heavy atom. The van der Waals surface area contributed by atoms with E-state index in [0.29, 0.717) is 5.56 Å². The van der Waals surface area contributed by atoms with Crippen LogP contribution in [0.15, 0.2) is 31.1 Å². The van der Waals surface area contributed by atoms with Gasteiger partial charge in [-0.2, -0.15) is 0 Å². The van der Waals surface area contributed by atoms with E-state index in [0.717, 1.165) is 5.56 Å². The molecule has 1 heterocycles. The molecule has 0 amide bonds. The van der Waals surface area contributed by atoms with E-state index >= 15 is 0 Å². The summed E-state index contributed by atoms with van der Waals surface area (Å²) >= 11 is 0. The van der Waals surface area contributed by atoms with Crippen molar-refractivity contribution in [3.63, 3.8) is 0 Å². The number of allylic oxidation sites excluding steroid dienone is 1. The molecule has 1 aromatic rings. The molecule has 2 nitrogen and oxygen atoms in total. The summed E-state index contributed by atoms with van der Waals surface area (Å²) in [5.74, 6) is -0.0510. The second-order valence-corrected chi connectivity index (χ2v) is 2.26. The standard InChI is InChI=1S/C9H9NO/c1-3-9(11)8-4-5-10-6-7(8)2/h3-6H,1H2,2H3. The molecular formula is C9H9NO. The molecule has 0 atom stereocenters. The Balaban J connectivity index is 3.13. The molecule has 2 heteroatoms. The summed E-state index contributed by atoms with van der Waals surface area (Å²) in [4.78, 5) is 15.0. The summed E-state index contributed by atoms with van der Waals surface area (Å²) in [7, 11) is 0. The first kappa shape index (κ1) is 7.66. The van der Waals surface area contributed by atoms with Crippen molar-refractivity contribution in [2.45, 2.75) is 6.92 Å². The highest BCUT2D eigenvalue weighted by Gasteiger charge is 2.02. The van der Waals surface area contributed by atoms with Gasteiger partial charge in [-0.1, -0.05) is 6.58 Å². The normalized spacial score (nSPS) is 9.18. The Hall–Kier alpha value is -1.44. The zero-order valence-electron chi connectivity index (χ0n) is 6.37. The lowest BCUT2D eigenvalue weighted by Gasteiger charge is -1.97. The van der Waals surface area contributed by atoms with E-state index in [9.17, 15) is 4.79 Å². The van der Waals surface area contributed by atoms with Gasteiger partial charge in [0, 0.05) is 18.0 Å². The third-order valence-corrected chi connectivity index (χ3v) is 1.47. The molecule has 0 aliphatic heterocycles. The van der Waals surface area contributed by atoms with E-state index in [-0.39, 0.29) is 5.78 Å². The first-order chi connectivity index (χ1) is 5.25. The maximum atomic E-state index is 11.1. The topological polar surface area (TPSA) is 30.0 Å².